The molecule has 0 aromatic heterocycles. The van der Waals surface area contributed by atoms with Gasteiger partial charge in [0.05, 0.1) is 16.6 Å². The second-order valence-electron chi connectivity index (χ2n) is 2.53. The van der Waals surface area contributed by atoms with Crippen molar-refractivity contribution < 1.29 is 13.2 Å². The van der Waals surface area contributed by atoms with Crippen molar-refractivity contribution in [3.05, 3.63) is 28.0 Å². The maximum absolute atomic E-state index is 12.9. The molecule has 1 N–H and O–H groups in total. The summed E-state index contributed by atoms with van der Waals surface area (Å²) in [4.78, 5) is 0. The van der Waals surface area contributed by atoms with Crippen LogP contribution in [0.5, 0.6) is 0 Å². The Kier molecular flexibility index (Phi) is 3.89. The summed E-state index contributed by atoms with van der Waals surface area (Å²) >= 11 is 10.9. The van der Waals surface area contributed by atoms with Gasteiger partial charge in [0, 0.05) is 5.69 Å². The van der Waals surface area contributed by atoms with Crippen molar-refractivity contribution in [3.63, 3.8) is 0 Å². The number of alkyl halides is 2. The number of nitrogens with one attached hydrogen (secondary N) is 1. The van der Waals surface area contributed by atoms with E-state index in [9.17, 15) is 13.2 Å². The van der Waals surface area contributed by atoms with Gasteiger partial charge in [-0.1, -0.05) is 23.2 Å². The fraction of sp³-hybridized carbons (Fsp3) is 0.250. The van der Waals surface area contributed by atoms with Gasteiger partial charge in [-0.3, -0.25) is 0 Å². The molecule has 1 rings (SSSR count). The van der Waals surface area contributed by atoms with E-state index in [0.29, 0.717) is 0 Å². The molecule has 0 atom stereocenters. The molecule has 14 heavy (non-hydrogen) atoms. The van der Waals surface area contributed by atoms with Gasteiger partial charge in [0.1, 0.15) is 0 Å². The van der Waals surface area contributed by atoms with Crippen LogP contribution in [-0.4, -0.2) is 13.0 Å². The summed E-state index contributed by atoms with van der Waals surface area (Å²) in [6.07, 6.45) is -2.49. The lowest BCUT2D eigenvalue weighted by molar-refractivity contribution is 0.163. The standard InChI is InChI=1S/C8H6Cl2F3N/c9-5-1-4(14-3-7(11)12)2-6(10)8(5)13/h1-2,7,14H,3H2. The van der Waals surface area contributed by atoms with E-state index in [-0.39, 0.29) is 15.7 Å². The van der Waals surface area contributed by atoms with Crippen LogP contribution in [0, 0.1) is 5.82 Å². The van der Waals surface area contributed by atoms with Crippen LogP contribution in [0.25, 0.3) is 0 Å². The van der Waals surface area contributed by atoms with E-state index in [4.69, 9.17) is 23.2 Å². The second-order valence-corrected chi connectivity index (χ2v) is 3.34. The molecule has 1 nitrogen and oxygen atoms in total. The Morgan fingerprint density at radius 3 is 2.14 bits per heavy atom. The number of hydrogen-bond acceptors (Lipinski definition) is 1. The predicted molar refractivity (Wildman–Crippen MR) is 50.9 cm³/mol. The Bertz CT molecular complexity index is 307. The average Bonchev–Trinajstić information content (AvgIpc) is 2.10. The Balaban J connectivity index is 2.79. The molecule has 1 aromatic rings. The van der Waals surface area contributed by atoms with Crippen molar-refractivity contribution in [1.82, 2.24) is 0 Å². The van der Waals surface area contributed by atoms with Crippen LogP contribution in [0.1, 0.15) is 0 Å². The number of rotatable bonds is 3. The van der Waals surface area contributed by atoms with Gasteiger partial charge in [-0.2, -0.15) is 0 Å². The van der Waals surface area contributed by atoms with Gasteiger partial charge >= 0.3 is 0 Å². The van der Waals surface area contributed by atoms with Crippen molar-refractivity contribution in [2.24, 2.45) is 0 Å². The van der Waals surface area contributed by atoms with Gasteiger partial charge < -0.3 is 5.32 Å². The molecule has 0 unspecified atom stereocenters. The van der Waals surface area contributed by atoms with E-state index < -0.39 is 18.8 Å². The van der Waals surface area contributed by atoms with Crippen LogP contribution in [0.4, 0.5) is 18.9 Å². The molecule has 0 spiro atoms. The highest BCUT2D eigenvalue weighted by atomic mass is 35.5. The molecule has 0 radical (unpaired) electrons. The lowest BCUT2D eigenvalue weighted by Gasteiger charge is -2.07. The van der Waals surface area contributed by atoms with Crippen LogP contribution in [0.3, 0.4) is 0 Å². The van der Waals surface area contributed by atoms with E-state index in [0.717, 1.165) is 0 Å². The van der Waals surface area contributed by atoms with Crippen LogP contribution in [0.15, 0.2) is 12.1 Å². The molecule has 6 heteroatoms. The normalized spacial score (nSPS) is 10.7. The second kappa shape index (κ2) is 4.75. The van der Waals surface area contributed by atoms with Crippen molar-refractivity contribution >= 4 is 28.9 Å². The van der Waals surface area contributed by atoms with Gasteiger partial charge in [0.2, 0.25) is 0 Å². The van der Waals surface area contributed by atoms with Gasteiger partial charge in [-0.15, -0.1) is 0 Å². The topological polar surface area (TPSA) is 12.0 Å². The molecule has 0 bridgehead atoms. The minimum atomic E-state index is -2.49. The van der Waals surface area contributed by atoms with Crippen LogP contribution in [-0.2, 0) is 0 Å². The molecule has 78 valence electrons. The maximum Gasteiger partial charge on any atom is 0.255 e. The molecule has 0 amide bonds. The summed E-state index contributed by atoms with van der Waals surface area (Å²) in [6, 6.07) is 2.40. The van der Waals surface area contributed by atoms with E-state index in [1.54, 1.807) is 0 Å². The molecule has 0 saturated heterocycles. The zero-order valence-electron chi connectivity index (χ0n) is 6.83. The highest BCUT2D eigenvalue weighted by Gasteiger charge is 2.08. The van der Waals surface area contributed by atoms with Crippen LogP contribution < -0.4 is 5.32 Å². The van der Waals surface area contributed by atoms with E-state index in [1.165, 1.54) is 12.1 Å². The summed E-state index contributed by atoms with van der Waals surface area (Å²) in [7, 11) is 0. The van der Waals surface area contributed by atoms with Crippen LogP contribution >= 0.6 is 23.2 Å². The molecule has 0 aliphatic heterocycles. The average molecular weight is 244 g/mol. The number of benzene rings is 1. The van der Waals surface area contributed by atoms with Crippen molar-refractivity contribution in [2.45, 2.75) is 6.43 Å². The van der Waals surface area contributed by atoms with Crippen LogP contribution in [0.2, 0.25) is 10.0 Å². The first kappa shape index (κ1) is 11.5. The van der Waals surface area contributed by atoms with Gasteiger partial charge in [-0.05, 0) is 12.1 Å². The minimum Gasteiger partial charge on any atom is -0.379 e. The molecule has 0 heterocycles. The number of halogens is 5. The summed E-state index contributed by atoms with van der Waals surface area (Å²) in [6.45, 7) is -0.529. The zero-order valence-corrected chi connectivity index (χ0v) is 8.34. The summed E-state index contributed by atoms with van der Waals surface area (Å²) in [5.41, 5.74) is 0.265. The molecule has 0 saturated carbocycles. The molecule has 1 aromatic carbocycles. The Labute approximate surface area is 88.8 Å². The minimum absolute atomic E-state index is 0.200. The first-order valence-electron chi connectivity index (χ1n) is 3.67. The SMILES string of the molecule is Fc1c(Cl)cc(NCC(F)F)cc1Cl. The Morgan fingerprint density at radius 2 is 1.71 bits per heavy atom. The third-order valence-electron chi connectivity index (χ3n) is 1.44. The summed E-state index contributed by atoms with van der Waals surface area (Å²) < 4.78 is 36.5. The highest BCUT2D eigenvalue weighted by molar-refractivity contribution is 6.35. The fourth-order valence-corrected chi connectivity index (χ4v) is 1.34. The Morgan fingerprint density at radius 1 is 1.21 bits per heavy atom. The molecule has 0 aliphatic rings. The third kappa shape index (κ3) is 2.96. The van der Waals surface area contributed by atoms with Gasteiger partial charge in [0.25, 0.3) is 6.43 Å². The van der Waals surface area contributed by atoms with E-state index in [1.807, 2.05) is 0 Å². The third-order valence-corrected chi connectivity index (χ3v) is 1.99. The number of hydrogen-bond donors (Lipinski definition) is 1. The van der Waals surface area contributed by atoms with Crippen molar-refractivity contribution in [2.75, 3.05) is 11.9 Å². The summed E-state index contributed by atoms with van der Waals surface area (Å²) in [5.74, 6) is -0.754. The lowest BCUT2D eigenvalue weighted by atomic mass is 10.3. The molecular formula is C8H6Cl2F3N. The first-order chi connectivity index (χ1) is 6.50. The monoisotopic (exact) mass is 243 g/mol. The predicted octanol–water partition coefficient (Wildman–Crippen LogP) is 3.81. The maximum atomic E-state index is 12.9. The zero-order chi connectivity index (χ0) is 10.7. The molecule has 0 aliphatic carbocycles. The highest BCUT2D eigenvalue weighted by Crippen LogP contribution is 2.27. The van der Waals surface area contributed by atoms with Crippen molar-refractivity contribution in [1.29, 1.82) is 0 Å². The smallest absolute Gasteiger partial charge is 0.255 e. The number of anilines is 1. The van der Waals surface area contributed by atoms with Gasteiger partial charge in [-0.25, -0.2) is 13.2 Å². The Hall–Kier alpha value is -0.610. The lowest BCUT2D eigenvalue weighted by Crippen LogP contribution is -2.10. The molecule has 0 fully saturated rings. The molecular weight excluding hydrogens is 238 g/mol. The van der Waals surface area contributed by atoms with E-state index >= 15 is 0 Å². The summed E-state index contributed by atoms with van der Waals surface area (Å²) in [5, 5.41) is 1.97. The van der Waals surface area contributed by atoms with Crippen molar-refractivity contribution in [3.8, 4) is 0 Å². The van der Waals surface area contributed by atoms with E-state index in [2.05, 4.69) is 5.32 Å². The van der Waals surface area contributed by atoms with Gasteiger partial charge in [0.15, 0.2) is 5.82 Å². The quantitative estimate of drug-likeness (QED) is 0.797. The largest absolute Gasteiger partial charge is 0.379 e. The first-order valence-corrected chi connectivity index (χ1v) is 4.43. The fourth-order valence-electron chi connectivity index (χ4n) is 0.853.